The van der Waals surface area contributed by atoms with Gasteiger partial charge in [-0.2, -0.15) is 0 Å². The zero-order chi connectivity index (χ0) is 9.19. The van der Waals surface area contributed by atoms with E-state index in [2.05, 4.69) is 12.2 Å². The number of rotatable bonds is 3. The van der Waals surface area contributed by atoms with Crippen LogP contribution in [0.25, 0.3) is 0 Å². The number of likely N-dealkylation sites (N-methyl/N-ethyl adjacent to an activating group) is 1. The average Bonchev–Trinajstić information content (AvgIpc) is 2.47. The van der Waals surface area contributed by atoms with Gasteiger partial charge in [-0.3, -0.25) is 4.79 Å². The van der Waals surface area contributed by atoms with Gasteiger partial charge in [0.1, 0.15) is 0 Å². The van der Waals surface area contributed by atoms with Gasteiger partial charge >= 0.3 is 0 Å². The lowest BCUT2D eigenvalue weighted by Gasteiger charge is -2.26. The topological polar surface area (TPSA) is 29.1 Å². The third-order valence-corrected chi connectivity index (χ3v) is 3.09. The van der Waals surface area contributed by atoms with E-state index in [0.717, 1.165) is 12.8 Å². The van der Waals surface area contributed by atoms with Crippen molar-refractivity contribution in [1.29, 1.82) is 0 Å². The van der Waals surface area contributed by atoms with Gasteiger partial charge in [0.15, 0.2) is 5.78 Å². The van der Waals surface area contributed by atoms with Crippen LogP contribution in [-0.2, 0) is 4.79 Å². The van der Waals surface area contributed by atoms with Crippen molar-refractivity contribution in [2.24, 2.45) is 5.92 Å². The summed E-state index contributed by atoms with van der Waals surface area (Å²) < 4.78 is 0. The quantitative estimate of drug-likeness (QED) is 0.697. The largest absolute Gasteiger partial charge is 0.308 e. The molecule has 0 aromatic rings. The van der Waals surface area contributed by atoms with E-state index in [9.17, 15) is 4.79 Å². The van der Waals surface area contributed by atoms with Crippen molar-refractivity contribution in [2.45, 2.75) is 45.1 Å². The monoisotopic (exact) mass is 169 g/mol. The molecule has 0 saturated heterocycles. The highest BCUT2D eigenvalue weighted by atomic mass is 16.1. The van der Waals surface area contributed by atoms with Crippen molar-refractivity contribution in [3.63, 3.8) is 0 Å². The predicted molar refractivity (Wildman–Crippen MR) is 50.1 cm³/mol. The minimum Gasteiger partial charge on any atom is -0.308 e. The lowest BCUT2D eigenvalue weighted by atomic mass is 9.90. The molecule has 2 unspecified atom stereocenters. The molecule has 0 bridgehead atoms. The van der Waals surface area contributed by atoms with E-state index in [1.165, 1.54) is 6.42 Å². The summed E-state index contributed by atoms with van der Waals surface area (Å²) in [6.07, 6.45) is 3.90. The molecule has 1 N–H and O–H groups in total. The molecule has 1 rings (SSSR count). The summed E-state index contributed by atoms with van der Waals surface area (Å²) in [5, 5.41) is 3.21. The summed E-state index contributed by atoms with van der Waals surface area (Å²) in [5.74, 6) is 1.09. The van der Waals surface area contributed by atoms with E-state index in [1.54, 1.807) is 0 Å². The molecule has 0 spiro atoms. The second-order valence-corrected chi connectivity index (χ2v) is 3.96. The zero-order valence-corrected chi connectivity index (χ0v) is 8.31. The standard InChI is InChI=1S/C10H19NO/c1-4-9(12)10(11-3)6-5-8(2)7-10/h8,11H,4-7H2,1-3H3. The lowest BCUT2D eigenvalue weighted by molar-refractivity contribution is -0.124. The van der Waals surface area contributed by atoms with Crippen LogP contribution in [0.1, 0.15) is 39.5 Å². The molecule has 1 fully saturated rings. The van der Waals surface area contributed by atoms with E-state index in [4.69, 9.17) is 0 Å². The summed E-state index contributed by atoms with van der Waals surface area (Å²) in [6.45, 7) is 4.17. The Kier molecular flexibility index (Phi) is 2.89. The normalized spacial score (nSPS) is 35.4. The van der Waals surface area contributed by atoms with Crippen LogP contribution in [0, 0.1) is 5.92 Å². The molecule has 12 heavy (non-hydrogen) atoms. The van der Waals surface area contributed by atoms with E-state index in [1.807, 2.05) is 14.0 Å². The molecule has 0 aromatic carbocycles. The van der Waals surface area contributed by atoms with Crippen molar-refractivity contribution in [3.8, 4) is 0 Å². The van der Waals surface area contributed by atoms with Gasteiger partial charge in [0.25, 0.3) is 0 Å². The highest BCUT2D eigenvalue weighted by Gasteiger charge is 2.40. The molecule has 70 valence electrons. The van der Waals surface area contributed by atoms with Gasteiger partial charge in [-0.1, -0.05) is 13.8 Å². The molecule has 0 aromatic heterocycles. The van der Waals surface area contributed by atoms with E-state index >= 15 is 0 Å². The van der Waals surface area contributed by atoms with E-state index in [0.29, 0.717) is 18.1 Å². The second-order valence-electron chi connectivity index (χ2n) is 3.96. The Morgan fingerprint density at radius 3 is 2.67 bits per heavy atom. The maximum absolute atomic E-state index is 11.7. The minimum atomic E-state index is -0.172. The Labute approximate surface area is 74.7 Å². The van der Waals surface area contributed by atoms with Gasteiger partial charge in [-0.05, 0) is 32.2 Å². The third-order valence-electron chi connectivity index (χ3n) is 3.09. The predicted octanol–water partition coefficient (Wildman–Crippen LogP) is 1.74. The molecule has 2 nitrogen and oxygen atoms in total. The summed E-state index contributed by atoms with van der Waals surface area (Å²) in [6, 6.07) is 0. The molecular weight excluding hydrogens is 150 g/mol. The third kappa shape index (κ3) is 1.53. The molecule has 0 amide bonds. The summed E-state index contributed by atoms with van der Waals surface area (Å²) in [4.78, 5) is 11.7. The van der Waals surface area contributed by atoms with Crippen molar-refractivity contribution in [1.82, 2.24) is 5.32 Å². The van der Waals surface area contributed by atoms with Crippen LogP contribution in [0.4, 0.5) is 0 Å². The van der Waals surface area contributed by atoms with Crippen molar-refractivity contribution in [2.75, 3.05) is 7.05 Å². The van der Waals surface area contributed by atoms with Gasteiger partial charge < -0.3 is 5.32 Å². The van der Waals surface area contributed by atoms with Gasteiger partial charge in [-0.15, -0.1) is 0 Å². The molecule has 1 aliphatic rings. The highest BCUT2D eigenvalue weighted by Crippen LogP contribution is 2.35. The van der Waals surface area contributed by atoms with E-state index < -0.39 is 0 Å². The fraction of sp³-hybridized carbons (Fsp3) is 0.900. The van der Waals surface area contributed by atoms with Crippen LogP contribution in [0.5, 0.6) is 0 Å². The first-order valence-corrected chi connectivity index (χ1v) is 4.87. The molecular formula is C10H19NO. The van der Waals surface area contributed by atoms with Crippen molar-refractivity contribution in [3.05, 3.63) is 0 Å². The SMILES string of the molecule is CCC(=O)C1(NC)CCC(C)C1. The minimum absolute atomic E-state index is 0.172. The van der Waals surface area contributed by atoms with E-state index in [-0.39, 0.29) is 5.54 Å². The zero-order valence-electron chi connectivity index (χ0n) is 8.31. The molecule has 0 heterocycles. The number of hydrogen-bond acceptors (Lipinski definition) is 2. The van der Waals surface area contributed by atoms with Gasteiger partial charge in [0.2, 0.25) is 0 Å². The maximum Gasteiger partial charge on any atom is 0.152 e. The first-order chi connectivity index (χ1) is 5.64. The Hall–Kier alpha value is -0.370. The average molecular weight is 169 g/mol. The highest BCUT2D eigenvalue weighted by molar-refractivity contribution is 5.88. The van der Waals surface area contributed by atoms with Crippen molar-refractivity contribution >= 4 is 5.78 Å². The second kappa shape index (κ2) is 3.56. The Bertz CT molecular complexity index is 179. The first kappa shape index (κ1) is 9.72. The summed E-state index contributed by atoms with van der Waals surface area (Å²) in [7, 11) is 1.91. The molecule has 0 radical (unpaired) electrons. The number of carbonyl (C=O) groups is 1. The number of Topliss-reactive ketones (excluding diaryl/α,β-unsaturated/α-hetero) is 1. The number of carbonyl (C=O) groups excluding carboxylic acids is 1. The maximum atomic E-state index is 11.7. The fourth-order valence-electron chi connectivity index (χ4n) is 2.25. The van der Waals surface area contributed by atoms with Crippen LogP contribution in [0.15, 0.2) is 0 Å². The number of nitrogens with one attached hydrogen (secondary N) is 1. The van der Waals surface area contributed by atoms with Crippen LogP contribution < -0.4 is 5.32 Å². The molecule has 0 aliphatic heterocycles. The lowest BCUT2D eigenvalue weighted by Crippen LogP contribution is -2.47. The van der Waals surface area contributed by atoms with Crippen LogP contribution in [0.3, 0.4) is 0 Å². The van der Waals surface area contributed by atoms with Gasteiger partial charge in [0.05, 0.1) is 5.54 Å². The van der Waals surface area contributed by atoms with Crippen molar-refractivity contribution < 1.29 is 4.79 Å². The van der Waals surface area contributed by atoms with Crippen LogP contribution in [-0.4, -0.2) is 18.4 Å². The van der Waals surface area contributed by atoms with Crippen LogP contribution >= 0.6 is 0 Å². The molecule has 1 aliphatic carbocycles. The smallest absolute Gasteiger partial charge is 0.152 e. The molecule has 2 heteroatoms. The Morgan fingerprint density at radius 1 is 1.67 bits per heavy atom. The molecule has 1 saturated carbocycles. The summed E-state index contributed by atoms with van der Waals surface area (Å²) >= 11 is 0. The van der Waals surface area contributed by atoms with Gasteiger partial charge in [0, 0.05) is 6.42 Å². The van der Waals surface area contributed by atoms with Crippen LogP contribution in [0.2, 0.25) is 0 Å². The number of hydrogen-bond donors (Lipinski definition) is 1. The van der Waals surface area contributed by atoms with Gasteiger partial charge in [-0.25, -0.2) is 0 Å². The molecule has 2 atom stereocenters. The Morgan fingerprint density at radius 2 is 2.33 bits per heavy atom. The first-order valence-electron chi connectivity index (χ1n) is 4.87. The fourth-order valence-corrected chi connectivity index (χ4v) is 2.25. The summed E-state index contributed by atoms with van der Waals surface area (Å²) in [5.41, 5.74) is -0.172. The number of ketones is 1. The Balaban J connectivity index is 2.70.